The molecule has 1 saturated carbocycles. The summed E-state index contributed by atoms with van der Waals surface area (Å²) in [5.74, 6) is -0.703. The predicted molar refractivity (Wildman–Crippen MR) is 110 cm³/mol. The number of nitrogens with zero attached hydrogens (tertiary/aromatic N) is 3. The van der Waals surface area contributed by atoms with Crippen LogP contribution in [0.2, 0.25) is 0 Å². The normalized spacial score (nSPS) is 15.8. The van der Waals surface area contributed by atoms with Gasteiger partial charge in [-0.1, -0.05) is 49.2 Å². The van der Waals surface area contributed by atoms with Gasteiger partial charge >= 0.3 is 5.97 Å². The van der Waals surface area contributed by atoms with E-state index in [0.29, 0.717) is 10.9 Å². The van der Waals surface area contributed by atoms with E-state index in [9.17, 15) is 9.59 Å². The second kappa shape index (κ2) is 9.28. The van der Waals surface area contributed by atoms with Crippen LogP contribution in [-0.4, -0.2) is 51.8 Å². The molecule has 1 aliphatic carbocycles. The molecule has 1 aromatic carbocycles. The molecule has 0 radical (unpaired) electrons. The minimum Gasteiger partial charge on any atom is -0.448 e. The monoisotopic (exact) mass is 401 g/mol. The standard InChI is InChI=1S/C21H27N3O3S/c1-15(19(25)23(2)16-10-6-4-7-11-16)27-20(26)18-14-22-21(28-3)24(18)17-12-8-5-9-13-17/h5,8-9,12-16H,4,6-7,10-11H2,1-3H3/t15-/m0/s1. The number of esters is 1. The fourth-order valence-corrected chi connectivity index (χ4v) is 4.20. The molecule has 1 aromatic heterocycles. The lowest BCUT2D eigenvalue weighted by atomic mass is 9.94. The van der Waals surface area contributed by atoms with Crippen molar-refractivity contribution in [1.29, 1.82) is 0 Å². The van der Waals surface area contributed by atoms with Gasteiger partial charge < -0.3 is 9.64 Å². The Morgan fingerprint density at radius 2 is 1.89 bits per heavy atom. The van der Waals surface area contributed by atoms with Crippen LogP contribution in [0.5, 0.6) is 0 Å². The van der Waals surface area contributed by atoms with Crippen LogP contribution in [0.25, 0.3) is 5.69 Å². The maximum absolute atomic E-state index is 12.8. The first-order valence-electron chi connectivity index (χ1n) is 9.67. The van der Waals surface area contributed by atoms with Gasteiger partial charge in [0.25, 0.3) is 5.91 Å². The van der Waals surface area contributed by atoms with E-state index < -0.39 is 12.1 Å². The summed E-state index contributed by atoms with van der Waals surface area (Å²) in [7, 11) is 1.81. The van der Waals surface area contributed by atoms with Crippen molar-refractivity contribution in [3.8, 4) is 5.69 Å². The number of amides is 1. The van der Waals surface area contributed by atoms with E-state index >= 15 is 0 Å². The first-order valence-corrected chi connectivity index (χ1v) is 10.9. The van der Waals surface area contributed by atoms with E-state index in [1.54, 1.807) is 16.4 Å². The Morgan fingerprint density at radius 1 is 1.21 bits per heavy atom. The number of likely N-dealkylation sites (N-methyl/N-ethyl adjacent to an activating group) is 1. The summed E-state index contributed by atoms with van der Waals surface area (Å²) >= 11 is 1.45. The molecule has 28 heavy (non-hydrogen) atoms. The van der Waals surface area contributed by atoms with Crippen LogP contribution < -0.4 is 0 Å². The number of aromatic nitrogens is 2. The highest BCUT2D eigenvalue weighted by Crippen LogP contribution is 2.24. The van der Waals surface area contributed by atoms with E-state index in [-0.39, 0.29) is 11.9 Å². The molecule has 0 spiro atoms. The lowest BCUT2D eigenvalue weighted by Gasteiger charge is -2.32. The SMILES string of the molecule is CSc1ncc(C(=O)O[C@@H](C)C(=O)N(C)C2CCCCC2)n1-c1ccccc1. The highest BCUT2D eigenvalue weighted by atomic mass is 32.2. The molecule has 2 aromatic rings. The number of para-hydroxylation sites is 1. The van der Waals surface area contributed by atoms with E-state index in [4.69, 9.17) is 4.74 Å². The molecule has 0 bridgehead atoms. The Balaban J connectivity index is 1.74. The average molecular weight is 402 g/mol. The third-order valence-electron chi connectivity index (χ3n) is 5.24. The molecular formula is C21H27N3O3S. The van der Waals surface area contributed by atoms with Crippen molar-refractivity contribution >= 4 is 23.6 Å². The van der Waals surface area contributed by atoms with Crippen LogP contribution in [0.1, 0.15) is 49.5 Å². The Labute approximate surface area is 170 Å². The van der Waals surface area contributed by atoms with Gasteiger partial charge in [0.1, 0.15) is 0 Å². The minimum absolute atomic E-state index is 0.156. The third kappa shape index (κ3) is 4.41. The molecule has 0 N–H and O–H groups in total. The van der Waals surface area contributed by atoms with Crippen molar-refractivity contribution in [1.82, 2.24) is 14.5 Å². The summed E-state index contributed by atoms with van der Waals surface area (Å²) in [6.45, 7) is 1.64. The van der Waals surface area contributed by atoms with Gasteiger partial charge in [0.05, 0.1) is 6.20 Å². The van der Waals surface area contributed by atoms with Crippen LogP contribution >= 0.6 is 11.8 Å². The first kappa shape index (κ1) is 20.5. The summed E-state index contributed by atoms with van der Waals surface area (Å²) < 4.78 is 7.29. The molecule has 1 fully saturated rings. The van der Waals surface area contributed by atoms with E-state index in [1.807, 2.05) is 43.6 Å². The topological polar surface area (TPSA) is 64.4 Å². The fraction of sp³-hybridized carbons (Fsp3) is 0.476. The number of rotatable bonds is 6. The molecule has 1 amide bonds. The second-order valence-electron chi connectivity index (χ2n) is 7.09. The molecule has 0 aliphatic heterocycles. The number of carbonyl (C=O) groups excluding carboxylic acids is 2. The number of imidazole rings is 1. The van der Waals surface area contributed by atoms with Crippen LogP contribution in [0.3, 0.4) is 0 Å². The quantitative estimate of drug-likeness (QED) is 0.542. The van der Waals surface area contributed by atoms with Crippen LogP contribution in [0.4, 0.5) is 0 Å². The maximum atomic E-state index is 12.8. The molecule has 1 heterocycles. The number of carbonyl (C=O) groups is 2. The number of hydrogen-bond acceptors (Lipinski definition) is 5. The minimum atomic E-state index is -0.837. The highest BCUT2D eigenvalue weighted by Gasteiger charge is 2.29. The molecule has 6 nitrogen and oxygen atoms in total. The summed E-state index contributed by atoms with van der Waals surface area (Å²) in [6, 6.07) is 9.77. The number of ether oxygens (including phenoxy) is 1. The van der Waals surface area contributed by atoms with Gasteiger partial charge in [0.2, 0.25) is 0 Å². The Hall–Kier alpha value is -2.28. The molecule has 150 valence electrons. The fourth-order valence-electron chi connectivity index (χ4n) is 3.66. The number of benzene rings is 1. The maximum Gasteiger partial charge on any atom is 0.357 e. The number of hydrogen-bond donors (Lipinski definition) is 0. The van der Waals surface area contributed by atoms with Crippen molar-refractivity contribution < 1.29 is 14.3 Å². The molecule has 0 saturated heterocycles. The smallest absolute Gasteiger partial charge is 0.357 e. The average Bonchev–Trinajstić information content (AvgIpc) is 3.18. The Bertz CT molecular complexity index is 816. The lowest BCUT2D eigenvalue weighted by molar-refractivity contribution is -0.141. The van der Waals surface area contributed by atoms with Gasteiger partial charge in [-0.05, 0) is 38.2 Å². The summed E-state index contributed by atoms with van der Waals surface area (Å²) in [6.07, 6.45) is 8.11. The van der Waals surface area contributed by atoms with Crippen molar-refractivity contribution in [2.45, 2.75) is 56.3 Å². The van der Waals surface area contributed by atoms with E-state index in [0.717, 1.165) is 31.4 Å². The largest absolute Gasteiger partial charge is 0.448 e. The van der Waals surface area contributed by atoms with Crippen molar-refractivity contribution in [3.05, 3.63) is 42.2 Å². The van der Waals surface area contributed by atoms with Crippen LogP contribution in [-0.2, 0) is 9.53 Å². The molecular weight excluding hydrogens is 374 g/mol. The summed E-state index contributed by atoms with van der Waals surface area (Å²) in [5.41, 5.74) is 1.14. The predicted octanol–water partition coefficient (Wildman–Crippen LogP) is 3.93. The highest BCUT2D eigenvalue weighted by molar-refractivity contribution is 7.98. The van der Waals surface area contributed by atoms with E-state index in [2.05, 4.69) is 4.98 Å². The summed E-state index contributed by atoms with van der Waals surface area (Å²) in [5, 5.41) is 0.691. The summed E-state index contributed by atoms with van der Waals surface area (Å²) in [4.78, 5) is 31.6. The van der Waals surface area contributed by atoms with Gasteiger partial charge in [-0.25, -0.2) is 9.78 Å². The zero-order valence-corrected chi connectivity index (χ0v) is 17.4. The molecule has 1 atom stereocenters. The lowest BCUT2D eigenvalue weighted by Crippen LogP contribution is -2.44. The van der Waals surface area contributed by atoms with Crippen molar-refractivity contribution in [2.75, 3.05) is 13.3 Å². The number of thioether (sulfide) groups is 1. The second-order valence-corrected chi connectivity index (χ2v) is 7.86. The molecule has 0 unspecified atom stereocenters. The molecule has 3 rings (SSSR count). The van der Waals surface area contributed by atoms with Crippen molar-refractivity contribution in [3.63, 3.8) is 0 Å². The van der Waals surface area contributed by atoms with Gasteiger partial charge in [0.15, 0.2) is 17.0 Å². The van der Waals surface area contributed by atoms with Gasteiger partial charge in [-0.15, -0.1) is 0 Å². The van der Waals surface area contributed by atoms with Crippen LogP contribution in [0, 0.1) is 0 Å². The zero-order valence-electron chi connectivity index (χ0n) is 16.6. The molecule has 1 aliphatic rings. The zero-order chi connectivity index (χ0) is 20.1. The van der Waals surface area contributed by atoms with Gasteiger partial charge in [-0.3, -0.25) is 9.36 Å². The third-order valence-corrected chi connectivity index (χ3v) is 5.89. The first-order chi connectivity index (χ1) is 13.5. The van der Waals surface area contributed by atoms with Crippen molar-refractivity contribution in [2.24, 2.45) is 0 Å². The van der Waals surface area contributed by atoms with Gasteiger partial charge in [0, 0.05) is 18.8 Å². The van der Waals surface area contributed by atoms with Gasteiger partial charge in [-0.2, -0.15) is 0 Å². The van der Waals surface area contributed by atoms with E-state index in [1.165, 1.54) is 24.4 Å². The Morgan fingerprint density at radius 3 is 2.54 bits per heavy atom. The Kier molecular flexibility index (Phi) is 6.78. The molecule has 7 heteroatoms. The van der Waals surface area contributed by atoms with Crippen LogP contribution in [0.15, 0.2) is 41.7 Å².